The molecule has 6 aromatic carbocycles. The van der Waals surface area contributed by atoms with E-state index >= 15 is 0 Å². The molecule has 0 fully saturated rings. The molecule has 60 heavy (non-hydrogen) atoms. The summed E-state index contributed by atoms with van der Waals surface area (Å²) in [5, 5.41) is 2.12. The molecule has 0 saturated heterocycles. The van der Waals surface area contributed by atoms with E-state index in [0.29, 0.717) is 11.5 Å². The van der Waals surface area contributed by atoms with Gasteiger partial charge in [-0.15, -0.1) is 18.2 Å². The Kier molecular flexibility index (Phi) is 11.7. The van der Waals surface area contributed by atoms with Gasteiger partial charge >= 0.3 is 126 Å². The van der Waals surface area contributed by atoms with Crippen molar-refractivity contribution < 1.29 is 24.2 Å². The van der Waals surface area contributed by atoms with E-state index in [0.717, 1.165) is 77.1 Å². The molecule has 0 spiro atoms. The minimum Gasteiger partial charge on any atom is -0.333 e. The summed E-state index contributed by atoms with van der Waals surface area (Å²) in [5.74, 6) is 8.80. The first kappa shape index (κ1) is 39.5. The molecule has 0 unspecified atom stereocenters. The van der Waals surface area contributed by atoms with Crippen molar-refractivity contribution in [1.82, 2.24) is 14.5 Å². The van der Waals surface area contributed by atoms with E-state index in [1.807, 2.05) is 42.5 Å². The maximum Gasteiger partial charge on any atom is 0.0774 e. The second-order valence-electron chi connectivity index (χ2n) is 17.9. The summed E-state index contributed by atoms with van der Waals surface area (Å²) in [4.78, 5) is 9.89. The first-order chi connectivity index (χ1) is 29.5. The zero-order valence-corrected chi connectivity index (χ0v) is 41.0. The summed E-state index contributed by atoms with van der Waals surface area (Å²) >= 11 is -0.259. The molecule has 3 heterocycles. The average molecular weight is 1040 g/mol. The summed E-state index contributed by atoms with van der Waals surface area (Å²) < 4.78 is 29.5. The van der Waals surface area contributed by atoms with E-state index in [9.17, 15) is 0 Å². The van der Waals surface area contributed by atoms with Gasteiger partial charge in [0.15, 0.2) is 0 Å². The van der Waals surface area contributed by atoms with E-state index in [2.05, 4.69) is 154 Å². The number of imidazole rings is 1. The third-order valence-electron chi connectivity index (χ3n) is 10.8. The van der Waals surface area contributed by atoms with Crippen molar-refractivity contribution in [3.05, 3.63) is 168 Å². The molecular formula is C54H53GeIrN3S-2. The number of aromatic nitrogens is 3. The van der Waals surface area contributed by atoms with Crippen molar-refractivity contribution in [2.45, 2.75) is 70.6 Å². The van der Waals surface area contributed by atoms with Gasteiger partial charge in [0.05, 0.1) is 16.9 Å². The van der Waals surface area contributed by atoms with Crippen LogP contribution >= 0.6 is 11.3 Å². The summed E-state index contributed by atoms with van der Waals surface area (Å²) in [5.41, 5.74) is 11.4. The smallest absolute Gasteiger partial charge is 0.0774 e. The van der Waals surface area contributed by atoms with Gasteiger partial charge in [-0.05, 0) is 69.4 Å². The van der Waals surface area contributed by atoms with E-state index < -0.39 is 20.1 Å². The summed E-state index contributed by atoms with van der Waals surface area (Å²) in [6, 6.07) is 52.1. The van der Waals surface area contributed by atoms with Crippen LogP contribution in [0.25, 0.3) is 70.7 Å². The van der Waals surface area contributed by atoms with Gasteiger partial charge in [-0.3, -0.25) is 4.98 Å². The third-order valence-corrected chi connectivity index (χ3v) is 16.3. The molecule has 305 valence electrons. The standard InChI is InChI=1S/C36H29N2S.C18H24GeN.Ir/c1-23-17-19-26-27-13-10-14-28(34(27)39-33(26)21-23)35-37-30-15-8-9-16-32(30)38(35)31-20-18-25(36(2,3)4)22-29(31)24-11-6-5-7-12-24;1-14(2)11-16-12-18(15-9-7-6-8-10-15)20-13-17(16)19(3,4)5;/h5-13,15-22H,1-4H3;6-9,12-14H,11H2,1-5H3;/q2*-1;/i1D3;;. The fourth-order valence-corrected chi connectivity index (χ4v) is 12.4. The number of benzene rings is 6. The fraction of sp³-hybridized carbons (Fsp3) is 0.222. The van der Waals surface area contributed by atoms with E-state index in [1.165, 1.54) is 11.1 Å². The molecule has 0 aliphatic carbocycles. The Morgan fingerprint density at radius 2 is 1.57 bits per heavy atom. The van der Waals surface area contributed by atoms with E-state index in [4.69, 9.17) is 14.1 Å². The Balaban J connectivity index is 0.000000239. The molecule has 0 saturated carbocycles. The zero-order valence-electron chi connectivity index (χ0n) is 38.6. The Morgan fingerprint density at radius 3 is 2.28 bits per heavy atom. The molecule has 0 amide bonds. The molecule has 0 bridgehead atoms. The molecule has 0 aliphatic heterocycles. The van der Waals surface area contributed by atoms with Crippen LogP contribution in [-0.2, 0) is 31.9 Å². The second kappa shape index (κ2) is 17.8. The molecule has 0 atom stereocenters. The molecule has 3 nitrogen and oxygen atoms in total. The molecule has 3 aromatic heterocycles. The van der Waals surface area contributed by atoms with Crippen LogP contribution < -0.4 is 4.40 Å². The van der Waals surface area contributed by atoms with Crippen molar-refractivity contribution in [2.75, 3.05) is 0 Å². The van der Waals surface area contributed by atoms with Gasteiger partial charge in [0.2, 0.25) is 0 Å². The van der Waals surface area contributed by atoms with Gasteiger partial charge in [-0.25, -0.2) is 0 Å². The van der Waals surface area contributed by atoms with Gasteiger partial charge < -0.3 is 4.57 Å². The predicted octanol–water partition coefficient (Wildman–Crippen LogP) is 14.4. The number of aryl methyl sites for hydroxylation is 1. The van der Waals surface area contributed by atoms with Crippen molar-refractivity contribution in [2.24, 2.45) is 5.92 Å². The van der Waals surface area contributed by atoms with Crippen LogP contribution in [0.2, 0.25) is 17.3 Å². The molecule has 0 N–H and O–H groups in total. The Labute approximate surface area is 380 Å². The van der Waals surface area contributed by atoms with Crippen molar-refractivity contribution >= 4 is 60.2 Å². The van der Waals surface area contributed by atoms with E-state index in [1.54, 1.807) is 27.9 Å². The number of hydrogen-bond donors (Lipinski definition) is 0. The number of para-hydroxylation sites is 2. The van der Waals surface area contributed by atoms with Crippen LogP contribution in [-0.4, -0.2) is 27.8 Å². The van der Waals surface area contributed by atoms with Crippen LogP contribution in [0.15, 0.2) is 140 Å². The van der Waals surface area contributed by atoms with Crippen molar-refractivity contribution in [1.29, 1.82) is 0 Å². The topological polar surface area (TPSA) is 30.7 Å². The van der Waals surface area contributed by atoms with E-state index in [-0.39, 0.29) is 25.5 Å². The first-order valence-corrected chi connectivity index (χ1v) is 28.7. The Hall–Kier alpha value is -4.65. The average Bonchev–Trinajstić information content (AvgIpc) is 3.82. The maximum absolute atomic E-state index is 7.91. The van der Waals surface area contributed by atoms with Crippen LogP contribution in [0.1, 0.15) is 55.4 Å². The fourth-order valence-electron chi connectivity index (χ4n) is 7.87. The second-order valence-corrected chi connectivity index (χ2v) is 29.5. The minimum atomic E-state index is -2.15. The number of thiophene rings is 1. The van der Waals surface area contributed by atoms with Gasteiger partial charge in [0.1, 0.15) is 0 Å². The number of pyridine rings is 1. The zero-order chi connectivity index (χ0) is 44.0. The minimum absolute atomic E-state index is 0. The summed E-state index contributed by atoms with van der Waals surface area (Å²) in [6.07, 6.45) is 3.27. The molecular weight excluding hydrogens is 988 g/mol. The first-order valence-electron chi connectivity index (χ1n) is 22.0. The van der Waals surface area contributed by atoms with Crippen LogP contribution in [0, 0.1) is 24.9 Å². The third kappa shape index (κ3) is 9.02. The van der Waals surface area contributed by atoms with Crippen LogP contribution in [0.3, 0.4) is 0 Å². The molecule has 6 heteroatoms. The normalized spacial score (nSPS) is 12.8. The number of rotatable bonds is 7. The molecule has 1 radical (unpaired) electrons. The van der Waals surface area contributed by atoms with Crippen LogP contribution in [0.5, 0.6) is 0 Å². The SMILES string of the molecule is CC(C)Cc1cc(-c2[c-]cccc2)nc[c]1[Ge]([CH3])([CH3])[CH3].[2H]C([2H])([2H])c1ccc2c(c1)sc1c(-c3nc4ccccc4n3-c3ccc(C(C)(C)C)cc3-c3ccccc3)[c-]ccc12.[Ir]. The summed E-state index contributed by atoms with van der Waals surface area (Å²) in [7, 11) is 0. The Morgan fingerprint density at radius 1 is 0.800 bits per heavy atom. The van der Waals surface area contributed by atoms with Gasteiger partial charge in [-0.2, -0.15) is 11.3 Å². The van der Waals surface area contributed by atoms with Gasteiger partial charge in [-0.1, -0.05) is 92.4 Å². The largest absolute Gasteiger partial charge is 0.333 e. The number of nitrogens with zero attached hydrogens (tertiary/aromatic N) is 3. The van der Waals surface area contributed by atoms with Gasteiger partial charge in [0.25, 0.3) is 0 Å². The molecule has 9 aromatic rings. The molecule has 0 aliphatic rings. The number of hydrogen-bond acceptors (Lipinski definition) is 3. The number of fused-ring (bicyclic) bond motifs is 4. The predicted molar refractivity (Wildman–Crippen MR) is 257 cm³/mol. The van der Waals surface area contributed by atoms with Crippen LogP contribution in [0.4, 0.5) is 0 Å². The van der Waals surface area contributed by atoms with Crippen molar-refractivity contribution in [3.8, 4) is 39.5 Å². The van der Waals surface area contributed by atoms with Gasteiger partial charge in [0, 0.05) is 40.2 Å². The monoisotopic (exact) mass is 1050 g/mol. The maximum atomic E-state index is 7.91. The van der Waals surface area contributed by atoms with Crippen molar-refractivity contribution in [3.63, 3.8) is 0 Å². The summed E-state index contributed by atoms with van der Waals surface area (Å²) in [6.45, 7) is 9.14. The molecule has 9 rings (SSSR count). The quantitative estimate of drug-likeness (QED) is 0.118. The Bertz CT molecular complexity index is 3030.